The van der Waals surface area contributed by atoms with E-state index in [1.165, 1.54) is 12.8 Å². The van der Waals surface area contributed by atoms with Crippen LogP contribution in [0.5, 0.6) is 0 Å². The molecule has 4 rings (SSSR count). The van der Waals surface area contributed by atoms with Crippen molar-refractivity contribution >= 4 is 16.6 Å². The van der Waals surface area contributed by atoms with E-state index in [9.17, 15) is 0 Å². The van der Waals surface area contributed by atoms with Gasteiger partial charge in [-0.2, -0.15) is 0 Å². The molecular weight excluding hydrogens is 310 g/mol. The molecule has 3 aromatic rings. The lowest BCUT2D eigenvalue weighted by molar-refractivity contribution is 0.179. The highest BCUT2D eigenvalue weighted by Gasteiger charge is 2.15. The highest BCUT2D eigenvalue weighted by Crippen LogP contribution is 2.29. The van der Waals surface area contributed by atoms with Gasteiger partial charge in [-0.3, -0.25) is 5.01 Å². The summed E-state index contributed by atoms with van der Waals surface area (Å²) in [4.78, 5) is 9.20. The predicted octanol–water partition coefficient (Wildman–Crippen LogP) is 5.03. The van der Waals surface area contributed by atoms with Gasteiger partial charge in [0.25, 0.3) is 0 Å². The normalized spacial score (nSPS) is 18.1. The lowest BCUT2D eigenvalue weighted by atomic mass is 10.0. The highest BCUT2D eigenvalue weighted by molar-refractivity contribution is 5.81. The Bertz CT molecular complexity index is 905. The van der Waals surface area contributed by atoms with E-state index in [1.54, 1.807) is 0 Å². The van der Waals surface area contributed by atoms with Gasteiger partial charge >= 0.3 is 0 Å². The van der Waals surface area contributed by atoms with Gasteiger partial charge in [-0.1, -0.05) is 42.5 Å². The van der Waals surface area contributed by atoms with E-state index >= 15 is 0 Å². The van der Waals surface area contributed by atoms with Gasteiger partial charge in [0.2, 0.25) is 0 Å². The number of para-hydroxylation sites is 1. The zero-order valence-electron chi connectivity index (χ0n) is 14.3. The first-order valence-electron chi connectivity index (χ1n) is 8.77. The Balaban J connectivity index is 1.66. The van der Waals surface area contributed by atoms with Crippen molar-refractivity contribution in [3.8, 4) is 11.4 Å². The third kappa shape index (κ3) is 3.50. The molecule has 5 nitrogen and oxygen atoms in total. The lowest BCUT2D eigenvalue weighted by Crippen LogP contribution is -2.29. The molecule has 126 valence electrons. The molecule has 0 bridgehead atoms. The minimum Gasteiger partial charge on any atom is -0.278 e. The standard InChI is InChI=1S/C20H21N5/c1-15-7-6-12-25(14-15)24-23-19-11-5-3-9-17(19)20-21-13-16-8-2-4-10-18(16)22-20/h2-5,8-11,13,15H,6-7,12,14H2,1H3. The summed E-state index contributed by atoms with van der Waals surface area (Å²) < 4.78 is 0. The molecule has 1 fully saturated rings. The number of hydrogen-bond acceptors (Lipinski definition) is 4. The summed E-state index contributed by atoms with van der Waals surface area (Å²) in [6.07, 6.45) is 4.31. The number of benzene rings is 2. The van der Waals surface area contributed by atoms with E-state index in [0.717, 1.165) is 35.2 Å². The topological polar surface area (TPSA) is 53.7 Å². The average Bonchev–Trinajstić information content (AvgIpc) is 2.66. The molecule has 1 atom stereocenters. The van der Waals surface area contributed by atoms with Crippen LogP contribution < -0.4 is 0 Å². The number of nitrogens with zero attached hydrogens (tertiary/aromatic N) is 5. The molecular formula is C20H21N5. The maximum absolute atomic E-state index is 4.69. The number of hydrogen-bond donors (Lipinski definition) is 0. The molecule has 0 radical (unpaired) electrons. The van der Waals surface area contributed by atoms with E-state index in [2.05, 4.69) is 32.2 Å². The van der Waals surface area contributed by atoms with Gasteiger partial charge in [-0.05, 0) is 37.0 Å². The maximum Gasteiger partial charge on any atom is 0.162 e. The lowest BCUT2D eigenvalue weighted by Gasteiger charge is -2.27. The van der Waals surface area contributed by atoms with Gasteiger partial charge in [0, 0.05) is 30.2 Å². The van der Waals surface area contributed by atoms with Crippen LogP contribution in [0.1, 0.15) is 19.8 Å². The number of rotatable bonds is 3. The molecule has 1 aliphatic rings. The molecule has 1 saturated heterocycles. The Morgan fingerprint density at radius 2 is 1.92 bits per heavy atom. The predicted molar refractivity (Wildman–Crippen MR) is 99.5 cm³/mol. The minimum atomic E-state index is 0.673. The van der Waals surface area contributed by atoms with Crippen molar-refractivity contribution in [1.29, 1.82) is 0 Å². The van der Waals surface area contributed by atoms with Gasteiger partial charge < -0.3 is 0 Å². The van der Waals surface area contributed by atoms with E-state index in [0.29, 0.717) is 11.7 Å². The number of fused-ring (bicyclic) bond motifs is 1. The monoisotopic (exact) mass is 331 g/mol. The molecule has 0 saturated carbocycles. The van der Waals surface area contributed by atoms with Crippen molar-refractivity contribution in [2.75, 3.05) is 13.1 Å². The first-order valence-corrected chi connectivity index (χ1v) is 8.77. The van der Waals surface area contributed by atoms with Crippen LogP contribution >= 0.6 is 0 Å². The maximum atomic E-state index is 4.69. The summed E-state index contributed by atoms with van der Waals surface area (Å²) >= 11 is 0. The molecule has 0 amide bonds. The van der Waals surface area contributed by atoms with Crippen molar-refractivity contribution in [1.82, 2.24) is 15.0 Å². The van der Waals surface area contributed by atoms with Crippen LogP contribution in [0.4, 0.5) is 5.69 Å². The van der Waals surface area contributed by atoms with Crippen LogP contribution in [0.2, 0.25) is 0 Å². The SMILES string of the molecule is CC1CCCN(N=Nc2ccccc2-c2ncc3ccccc3n2)C1. The summed E-state index contributed by atoms with van der Waals surface area (Å²) in [7, 11) is 0. The third-order valence-electron chi connectivity index (χ3n) is 4.55. The quantitative estimate of drug-likeness (QED) is 0.633. The van der Waals surface area contributed by atoms with Crippen LogP contribution in [-0.2, 0) is 0 Å². The summed E-state index contributed by atoms with van der Waals surface area (Å²) in [5, 5.41) is 12.0. The Morgan fingerprint density at radius 3 is 2.84 bits per heavy atom. The largest absolute Gasteiger partial charge is 0.278 e. The first kappa shape index (κ1) is 15.7. The van der Waals surface area contributed by atoms with Crippen molar-refractivity contribution in [3.63, 3.8) is 0 Å². The Kier molecular flexibility index (Phi) is 4.37. The van der Waals surface area contributed by atoms with E-state index in [1.807, 2.05) is 54.7 Å². The molecule has 1 unspecified atom stereocenters. The summed E-state index contributed by atoms with van der Waals surface area (Å²) in [6, 6.07) is 15.9. The van der Waals surface area contributed by atoms with Crippen LogP contribution in [0.25, 0.3) is 22.3 Å². The fraction of sp³-hybridized carbons (Fsp3) is 0.300. The van der Waals surface area contributed by atoms with Crippen LogP contribution in [0.15, 0.2) is 65.1 Å². The molecule has 1 aromatic heterocycles. The van der Waals surface area contributed by atoms with E-state index in [-0.39, 0.29) is 0 Å². The molecule has 0 N–H and O–H groups in total. The fourth-order valence-electron chi connectivity index (χ4n) is 3.21. The Labute approximate surface area is 147 Å². The highest BCUT2D eigenvalue weighted by atomic mass is 15.5. The average molecular weight is 331 g/mol. The number of piperidine rings is 1. The molecule has 2 heterocycles. The smallest absolute Gasteiger partial charge is 0.162 e. The Hall–Kier alpha value is -2.82. The van der Waals surface area contributed by atoms with E-state index < -0.39 is 0 Å². The van der Waals surface area contributed by atoms with Gasteiger partial charge in [-0.25, -0.2) is 9.97 Å². The van der Waals surface area contributed by atoms with Gasteiger partial charge in [-0.15, -0.1) is 5.11 Å². The van der Waals surface area contributed by atoms with Crippen LogP contribution in [-0.4, -0.2) is 28.1 Å². The summed E-state index contributed by atoms with van der Waals surface area (Å²) in [5.74, 6) is 1.35. The molecule has 2 aromatic carbocycles. The molecule has 1 aliphatic heterocycles. The Morgan fingerprint density at radius 1 is 1.08 bits per heavy atom. The van der Waals surface area contributed by atoms with Gasteiger partial charge in [0.05, 0.1) is 11.2 Å². The van der Waals surface area contributed by atoms with Crippen molar-refractivity contribution < 1.29 is 0 Å². The second-order valence-electron chi connectivity index (χ2n) is 6.62. The molecule has 5 heteroatoms. The van der Waals surface area contributed by atoms with Crippen molar-refractivity contribution in [2.45, 2.75) is 19.8 Å². The minimum absolute atomic E-state index is 0.673. The fourth-order valence-corrected chi connectivity index (χ4v) is 3.21. The van der Waals surface area contributed by atoms with Crippen LogP contribution in [0, 0.1) is 5.92 Å². The summed E-state index contributed by atoms with van der Waals surface area (Å²) in [6.45, 7) is 4.21. The number of aromatic nitrogens is 2. The second kappa shape index (κ2) is 6.97. The van der Waals surface area contributed by atoms with E-state index in [4.69, 9.17) is 0 Å². The van der Waals surface area contributed by atoms with Crippen molar-refractivity contribution in [2.24, 2.45) is 16.3 Å². The van der Waals surface area contributed by atoms with Crippen LogP contribution in [0.3, 0.4) is 0 Å². The molecule has 0 spiro atoms. The molecule has 25 heavy (non-hydrogen) atoms. The first-order chi connectivity index (χ1) is 12.3. The second-order valence-corrected chi connectivity index (χ2v) is 6.62. The van der Waals surface area contributed by atoms with Gasteiger partial charge in [0.1, 0.15) is 0 Å². The zero-order chi connectivity index (χ0) is 17.1. The van der Waals surface area contributed by atoms with Crippen molar-refractivity contribution in [3.05, 3.63) is 54.7 Å². The van der Waals surface area contributed by atoms with Gasteiger partial charge in [0.15, 0.2) is 5.82 Å². The molecule has 0 aliphatic carbocycles. The third-order valence-corrected chi connectivity index (χ3v) is 4.55. The zero-order valence-corrected chi connectivity index (χ0v) is 14.3. The summed E-state index contributed by atoms with van der Waals surface area (Å²) in [5.41, 5.74) is 2.64.